The third-order valence-corrected chi connectivity index (χ3v) is 2.17. The van der Waals surface area contributed by atoms with Crippen molar-refractivity contribution < 1.29 is 0 Å². The highest BCUT2D eigenvalue weighted by molar-refractivity contribution is 5.34. The van der Waals surface area contributed by atoms with Crippen molar-refractivity contribution in [3.63, 3.8) is 0 Å². The van der Waals surface area contributed by atoms with Gasteiger partial charge in [0, 0.05) is 18.8 Å². The highest BCUT2D eigenvalue weighted by atomic mass is 15.1. The number of hydrogen-bond acceptors (Lipinski definition) is 4. The van der Waals surface area contributed by atoms with Crippen LogP contribution in [0.15, 0.2) is 12.4 Å². The zero-order chi connectivity index (χ0) is 9.80. The second-order valence-electron chi connectivity index (χ2n) is 3.59. The van der Waals surface area contributed by atoms with E-state index in [0.717, 1.165) is 24.6 Å². The van der Waals surface area contributed by atoms with Crippen LogP contribution < -0.4 is 10.6 Å². The van der Waals surface area contributed by atoms with Crippen LogP contribution in [0, 0.1) is 0 Å². The highest BCUT2D eigenvalue weighted by Gasteiger charge is 2.21. The average Bonchev–Trinajstić information content (AvgIpc) is 2.99. The number of anilines is 1. The first kappa shape index (κ1) is 9.40. The van der Waals surface area contributed by atoms with Gasteiger partial charge in [-0.1, -0.05) is 6.92 Å². The van der Waals surface area contributed by atoms with Crippen molar-refractivity contribution in [2.24, 2.45) is 0 Å². The second-order valence-corrected chi connectivity index (χ2v) is 3.59. The Bertz CT molecular complexity index is 296. The molecule has 0 aliphatic heterocycles. The molecule has 0 unspecified atom stereocenters. The second kappa shape index (κ2) is 4.37. The molecule has 0 bridgehead atoms. The third kappa shape index (κ3) is 2.67. The molecular formula is C10H16N4. The lowest BCUT2D eigenvalue weighted by atomic mass is 10.4. The van der Waals surface area contributed by atoms with Gasteiger partial charge in [0.25, 0.3) is 0 Å². The molecule has 14 heavy (non-hydrogen) atoms. The Morgan fingerprint density at radius 1 is 1.43 bits per heavy atom. The fourth-order valence-electron chi connectivity index (χ4n) is 1.25. The summed E-state index contributed by atoms with van der Waals surface area (Å²) in [4.78, 5) is 8.61. The summed E-state index contributed by atoms with van der Waals surface area (Å²) >= 11 is 0. The van der Waals surface area contributed by atoms with Crippen LogP contribution in [0.2, 0.25) is 0 Å². The van der Waals surface area contributed by atoms with E-state index in [1.807, 2.05) is 0 Å². The van der Waals surface area contributed by atoms with Crippen molar-refractivity contribution in [1.29, 1.82) is 0 Å². The molecule has 0 radical (unpaired) electrons. The minimum atomic E-state index is 0.638. The molecule has 1 aliphatic carbocycles. The maximum absolute atomic E-state index is 4.45. The van der Waals surface area contributed by atoms with E-state index in [1.54, 1.807) is 12.4 Å². The molecule has 2 rings (SSSR count). The largest absolute Gasteiger partial charge is 0.366 e. The predicted molar refractivity (Wildman–Crippen MR) is 56.1 cm³/mol. The standard InChI is InChI=1S/C10H16N4/c1-2-11-5-9-6-12-7-10(14-9)13-8-3-4-8/h6-8,11H,2-5H2,1H3,(H,13,14). The SMILES string of the molecule is CCNCc1cncc(NC2CC2)n1. The van der Waals surface area contributed by atoms with E-state index >= 15 is 0 Å². The van der Waals surface area contributed by atoms with Crippen LogP contribution in [0.1, 0.15) is 25.5 Å². The van der Waals surface area contributed by atoms with Crippen molar-refractivity contribution in [3.05, 3.63) is 18.1 Å². The van der Waals surface area contributed by atoms with Gasteiger partial charge in [0.15, 0.2) is 0 Å². The van der Waals surface area contributed by atoms with Gasteiger partial charge >= 0.3 is 0 Å². The Labute approximate surface area is 84.2 Å². The number of rotatable bonds is 5. The van der Waals surface area contributed by atoms with Crippen molar-refractivity contribution >= 4 is 5.82 Å². The van der Waals surface area contributed by atoms with Gasteiger partial charge in [-0.3, -0.25) is 4.98 Å². The van der Waals surface area contributed by atoms with E-state index < -0.39 is 0 Å². The summed E-state index contributed by atoms with van der Waals surface area (Å²) < 4.78 is 0. The van der Waals surface area contributed by atoms with E-state index in [9.17, 15) is 0 Å². The molecule has 0 amide bonds. The Kier molecular flexibility index (Phi) is 2.93. The zero-order valence-electron chi connectivity index (χ0n) is 8.45. The van der Waals surface area contributed by atoms with E-state index in [-0.39, 0.29) is 0 Å². The molecule has 1 heterocycles. The monoisotopic (exact) mass is 192 g/mol. The fraction of sp³-hybridized carbons (Fsp3) is 0.600. The van der Waals surface area contributed by atoms with E-state index in [1.165, 1.54) is 12.8 Å². The first-order valence-electron chi connectivity index (χ1n) is 5.16. The molecule has 1 saturated carbocycles. The van der Waals surface area contributed by atoms with Crippen molar-refractivity contribution in [3.8, 4) is 0 Å². The highest BCUT2D eigenvalue weighted by Crippen LogP contribution is 2.23. The Morgan fingerprint density at radius 3 is 3.00 bits per heavy atom. The molecule has 2 N–H and O–H groups in total. The van der Waals surface area contributed by atoms with Crippen LogP contribution in [-0.2, 0) is 6.54 Å². The predicted octanol–water partition coefficient (Wildman–Crippen LogP) is 1.16. The first-order chi connectivity index (χ1) is 6.88. The van der Waals surface area contributed by atoms with Gasteiger partial charge in [-0.15, -0.1) is 0 Å². The topological polar surface area (TPSA) is 49.8 Å². The quantitative estimate of drug-likeness (QED) is 0.735. The van der Waals surface area contributed by atoms with Crippen LogP contribution in [0.4, 0.5) is 5.82 Å². The van der Waals surface area contributed by atoms with Gasteiger partial charge < -0.3 is 10.6 Å². The van der Waals surface area contributed by atoms with Crippen molar-refractivity contribution in [2.45, 2.75) is 32.4 Å². The molecule has 4 nitrogen and oxygen atoms in total. The zero-order valence-corrected chi connectivity index (χ0v) is 8.45. The van der Waals surface area contributed by atoms with Gasteiger partial charge in [0.1, 0.15) is 5.82 Å². The van der Waals surface area contributed by atoms with E-state index in [2.05, 4.69) is 27.5 Å². The molecular weight excluding hydrogens is 176 g/mol. The summed E-state index contributed by atoms with van der Waals surface area (Å²) in [5.74, 6) is 0.905. The number of hydrogen-bond donors (Lipinski definition) is 2. The summed E-state index contributed by atoms with van der Waals surface area (Å²) in [6, 6.07) is 0.638. The van der Waals surface area contributed by atoms with Crippen molar-refractivity contribution in [1.82, 2.24) is 15.3 Å². The Balaban J connectivity index is 1.94. The minimum absolute atomic E-state index is 0.638. The molecule has 1 fully saturated rings. The minimum Gasteiger partial charge on any atom is -0.366 e. The van der Waals surface area contributed by atoms with Gasteiger partial charge in [-0.05, 0) is 19.4 Å². The lowest BCUT2D eigenvalue weighted by Crippen LogP contribution is -2.14. The molecule has 4 heteroatoms. The van der Waals surface area contributed by atoms with Gasteiger partial charge in [0.2, 0.25) is 0 Å². The summed E-state index contributed by atoms with van der Waals surface area (Å²) in [7, 11) is 0. The Hall–Kier alpha value is -1.16. The number of nitrogens with one attached hydrogen (secondary N) is 2. The summed E-state index contributed by atoms with van der Waals surface area (Å²) in [5, 5.41) is 6.56. The van der Waals surface area contributed by atoms with E-state index in [0.29, 0.717) is 6.04 Å². The first-order valence-corrected chi connectivity index (χ1v) is 5.16. The normalized spacial score (nSPS) is 15.5. The molecule has 1 aromatic rings. The lowest BCUT2D eigenvalue weighted by molar-refractivity contribution is 0.707. The van der Waals surface area contributed by atoms with Crippen LogP contribution in [0.5, 0.6) is 0 Å². The third-order valence-electron chi connectivity index (χ3n) is 2.17. The average molecular weight is 192 g/mol. The van der Waals surface area contributed by atoms with Crippen LogP contribution in [0.3, 0.4) is 0 Å². The smallest absolute Gasteiger partial charge is 0.145 e. The van der Waals surface area contributed by atoms with Crippen LogP contribution >= 0.6 is 0 Å². The fourth-order valence-corrected chi connectivity index (χ4v) is 1.25. The molecule has 0 spiro atoms. The Morgan fingerprint density at radius 2 is 2.29 bits per heavy atom. The lowest BCUT2D eigenvalue weighted by Gasteiger charge is -2.05. The van der Waals surface area contributed by atoms with Crippen LogP contribution in [-0.4, -0.2) is 22.6 Å². The van der Waals surface area contributed by atoms with E-state index in [4.69, 9.17) is 0 Å². The molecule has 0 atom stereocenters. The maximum atomic E-state index is 4.45. The van der Waals surface area contributed by atoms with Gasteiger partial charge in [0.05, 0.1) is 11.9 Å². The molecule has 1 aromatic heterocycles. The number of nitrogens with zero attached hydrogens (tertiary/aromatic N) is 2. The summed E-state index contributed by atoms with van der Waals surface area (Å²) in [6.07, 6.45) is 6.12. The molecule has 76 valence electrons. The van der Waals surface area contributed by atoms with Crippen molar-refractivity contribution in [2.75, 3.05) is 11.9 Å². The van der Waals surface area contributed by atoms with Gasteiger partial charge in [-0.25, -0.2) is 4.98 Å². The molecule has 0 saturated heterocycles. The summed E-state index contributed by atoms with van der Waals surface area (Å²) in [6.45, 7) is 3.84. The molecule has 1 aliphatic rings. The summed E-state index contributed by atoms with van der Waals surface area (Å²) in [5.41, 5.74) is 0.998. The maximum Gasteiger partial charge on any atom is 0.145 e. The van der Waals surface area contributed by atoms with Crippen LogP contribution in [0.25, 0.3) is 0 Å². The number of aromatic nitrogens is 2. The van der Waals surface area contributed by atoms with Gasteiger partial charge in [-0.2, -0.15) is 0 Å². The molecule has 0 aromatic carbocycles.